The van der Waals surface area contributed by atoms with Crippen LogP contribution >= 0.6 is 11.3 Å². The van der Waals surface area contributed by atoms with E-state index in [9.17, 15) is 18.0 Å². The summed E-state index contributed by atoms with van der Waals surface area (Å²) in [5, 5.41) is 0.534. The van der Waals surface area contributed by atoms with Crippen molar-refractivity contribution < 1.29 is 17.6 Å². The highest BCUT2D eigenvalue weighted by Crippen LogP contribution is 2.40. The summed E-state index contributed by atoms with van der Waals surface area (Å²) in [6.07, 6.45) is -4.80. The number of thiazole rings is 1. The number of nitrogens with zero attached hydrogens (tertiary/aromatic N) is 3. The van der Waals surface area contributed by atoms with Crippen LogP contribution in [-0.4, -0.2) is 24.1 Å². The van der Waals surface area contributed by atoms with E-state index in [4.69, 9.17) is 4.42 Å². The van der Waals surface area contributed by atoms with Gasteiger partial charge < -0.3 is 9.32 Å². The molecule has 128 valence electrons. The number of fused-ring (bicyclic) bond motifs is 5. The van der Waals surface area contributed by atoms with Crippen LogP contribution in [0.5, 0.6) is 0 Å². The number of benzene rings is 1. The number of rotatable bonds is 1. The summed E-state index contributed by atoms with van der Waals surface area (Å²) in [6, 6.07) is 6.49. The zero-order valence-electron chi connectivity index (χ0n) is 13.0. The lowest BCUT2D eigenvalue weighted by atomic mass is 10.1. The molecule has 0 saturated heterocycles. The zero-order valence-corrected chi connectivity index (χ0v) is 13.8. The maximum absolute atomic E-state index is 13.5. The van der Waals surface area contributed by atoms with Crippen LogP contribution in [0.1, 0.15) is 5.69 Å². The topological polar surface area (TPSA) is 59.2 Å². The quantitative estimate of drug-likeness (QED) is 0.376. The lowest BCUT2D eigenvalue weighted by Gasteiger charge is -2.10. The Morgan fingerprint density at radius 3 is 2.52 bits per heavy atom. The molecule has 3 heterocycles. The fraction of sp³-hybridized carbons (Fsp3) is 0.188. The van der Waals surface area contributed by atoms with E-state index in [1.165, 1.54) is 11.3 Å². The van der Waals surface area contributed by atoms with E-state index >= 15 is 0 Å². The minimum atomic E-state index is -4.80. The van der Waals surface area contributed by atoms with Gasteiger partial charge in [0, 0.05) is 24.9 Å². The minimum absolute atomic E-state index is 0.0377. The Hall–Kier alpha value is -2.68. The van der Waals surface area contributed by atoms with E-state index in [1.54, 1.807) is 43.3 Å². The van der Waals surface area contributed by atoms with Gasteiger partial charge in [-0.2, -0.15) is 18.2 Å². The molecule has 0 radical (unpaired) electrons. The average molecular weight is 365 g/mol. The van der Waals surface area contributed by atoms with Gasteiger partial charge in [0.2, 0.25) is 0 Å². The highest BCUT2D eigenvalue weighted by molar-refractivity contribution is 7.23. The molecule has 4 aromatic rings. The molecule has 0 saturated carbocycles. The predicted octanol–water partition coefficient (Wildman–Crippen LogP) is 4.04. The van der Waals surface area contributed by atoms with E-state index in [1.807, 2.05) is 0 Å². The van der Waals surface area contributed by atoms with Crippen molar-refractivity contribution in [2.45, 2.75) is 6.18 Å². The lowest BCUT2D eigenvalue weighted by molar-refractivity contribution is -0.139. The highest BCUT2D eigenvalue weighted by Gasteiger charge is 2.38. The highest BCUT2D eigenvalue weighted by atomic mass is 32.1. The molecule has 0 atom stereocenters. The first kappa shape index (κ1) is 15.8. The molecule has 0 unspecified atom stereocenters. The van der Waals surface area contributed by atoms with Gasteiger partial charge in [0.15, 0.2) is 16.5 Å². The van der Waals surface area contributed by atoms with Crippen LogP contribution in [0.2, 0.25) is 0 Å². The Bertz CT molecular complexity index is 1190. The molecule has 4 rings (SSSR count). The zero-order chi connectivity index (χ0) is 17.9. The smallest absolute Gasteiger partial charge is 0.422 e. The number of pyridine rings is 1. The van der Waals surface area contributed by atoms with Crippen molar-refractivity contribution in [3.8, 4) is 0 Å². The van der Waals surface area contributed by atoms with Gasteiger partial charge in [0.1, 0.15) is 11.0 Å². The van der Waals surface area contributed by atoms with E-state index < -0.39 is 22.9 Å². The number of para-hydroxylation sites is 1. The third-order valence-corrected chi connectivity index (χ3v) is 4.97. The van der Waals surface area contributed by atoms with Gasteiger partial charge in [-0.15, -0.1) is 0 Å². The Balaban J connectivity index is 2.35. The molecule has 0 fully saturated rings. The molecule has 0 bridgehead atoms. The van der Waals surface area contributed by atoms with Crippen molar-refractivity contribution >= 4 is 48.6 Å². The number of hydrogen-bond donors (Lipinski definition) is 0. The number of alkyl halides is 3. The van der Waals surface area contributed by atoms with Gasteiger partial charge in [-0.1, -0.05) is 29.5 Å². The van der Waals surface area contributed by atoms with Crippen LogP contribution in [0.25, 0.3) is 32.1 Å². The normalized spacial score (nSPS) is 12.4. The number of aromatic nitrogens is 2. The predicted molar refractivity (Wildman–Crippen MR) is 90.3 cm³/mol. The molecule has 5 nitrogen and oxygen atoms in total. The number of anilines is 1. The average Bonchev–Trinajstić information content (AvgIpc) is 2.97. The van der Waals surface area contributed by atoms with Gasteiger partial charge in [-0.05, 0) is 6.07 Å². The fourth-order valence-corrected chi connectivity index (χ4v) is 3.69. The summed E-state index contributed by atoms with van der Waals surface area (Å²) in [5.74, 6) is 0. The third kappa shape index (κ3) is 2.34. The van der Waals surface area contributed by atoms with Crippen LogP contribution in [0.15, 0.2) is 33.5 Å². The molecular formula is C16H10F3N3O2S. The summed E-state index contributed by atoms with van der Waals surface area (Å²) >= 11 is 1.18. The Morgan fingerprint density at radius 2 is 1.84 bits per heavy atom. The van der Waals surface area contributed by atoms with E-state index in [2.05, 4.69) is 9.97 Å². The molecule has 3 aromatic heterocycles. The van der Waals surface area contributed by atoms with E-state index in [0.717, 1.165) is 0 Å². The Labute approximate surface area is 142 Å². The van der Waals surface area contributed by atoms with Crippen molar-refractivity contribution in [3.63, 3.8) is 0 Å². The maximum Gasteiger partial charge on any atom is 0.434 e. The molecule has 0 spiro atoms. The monoisotopic (exact) mass is 365 g/mol. The molecule has 0 aliphatic rings. The second-order valence-corrected chi connectivity index (χ2v) is 6.61. The van der Waals surface area contributed by atoms with E-state index in [-0.39, 0.29) is 16.6 Å². The first-order valence-corrected chi connectivity index (χ1v) is 7.99. The number of halogens is 3. The van der Waals surface area contributed by atoms with Crippen molar-refractivity contribution in [1.82, 2.24) is 9.97 Å². The largest absolute Gasteiger partial charge is 0.434 e. The second kappa shape index (κ2) is 5.16. The van der Waals surface area contributed by atoms with Gasteiger partial charge in [0.05, 0.1) is 4.70 Å². The standard InChI is InChI=1S/C16H10F3N3O2S/c1-22(2)15-21-13-11(25-15)9-7-5-3-4-6-8(7)24-14(23)10(9)12(20-13)16(17,18)19/h3-6H,1-2H3. The van der Waals surface area contributed by atoms with Gasteiger partial charge >= 0.3 is 11.8 Å². The minimum Gasteiger partial charge on any atom is -0.422 e. The summed E-state index contributed by atoms with van der Waals surface area (Å²) in [6.45, 7) is 0. The summed E-state index contributed by atoms with van der Waals surface area (Å²) in [4.78, 5) is 21.8. The first-order chi connectivity index (χ1) is 11.8. The first-order valence-electron chi connectivity index (χ1n) is 7.18. The molecule has 1 aromatic carbocycles. The van der Waals surface area contributed by atoms with E-state index in [0.29, 0.717) is 15.2 Å². The van der Waals surface area contributed by atoms with Crippen molar-refractivity contribution in [1.29, 1.82) is 0 Å². The van der Waals surface area contributed by atoms with Crippen molar-refractivity contribution in [2.75, 3.05) is 19.0 Å². The number of hydrogen-bond acceptors (Lipinski definition) is 6. The molecule has 0 aliphatic carbocycles. The van der Waals surface area contributed by atoms with Crippen LogP contribution < -0.4 is 10.5 Å². The van der Waals surface area contributed by atoms with Crippen LogP contribution in [0, 0.1) is 0 Å². The Morgan fingerprint density at radius 1 is 1.12 bits per heavy atom. The second-order valence-electron chi connectivity index (χ2n) is 5.64. The SMILES string of the molecule is CN(C)c1nc2nc(C(F)(F)F)c3c(=O)oc4ccccc4c3c2s1. The Kier molecular flexibility index (Phi) is 3.26. The van der Waals surface area contributed by atoms with Crippen LogP contribution in [-0.2, 0) is 6.18 Å². The molecule has 0 N–H and O–H groups in total. The summed E-state index contributed by atoms with van der Waals surface area (Å²) in [5.41, 5.74) is -2.15. The molecule has 0 amide bonds. The van der Waals surface area contributed by atoms with Gasteiger partial charge in [-0.25, -0.2) is 9.78 Å². The molecule has 9 heteroatoms. The van der Waals surface area contributed by atoms with Crippen molar-refractivity contribution in [3.05, 3.63) is 40.4 Å². The van der Waals surface area contributed by atoms with Gasteiger partial charge in [-0.3, -0.25) is 0 Å². The van der Waals surface area contributed by atoms with Crippen LogP contribution in [0.4, 0.5) is 18.3 Å². The third-order valence-electron chi connectivity index (χ3n) is 3.74. The fourth-order valence-electron chi connectivity index (χ4n) is 2.70. The lowest BCUT2D eigenvalue weighted by Crippen LogP contribution is -2.14. The molecule has 25 heavy (non-hydrogen) atoms. The molecular weight excluding hydrogens is 355 g/mol. The molecule has 0 aliphatic heterocycles. The summed E-state index contributed by atoms with van der Waals surface area (Å²) < 4.78 is 46.1. The van der Waals surface area contributed by atoms with Crippen molar-refractivity contribution in [2.24, 2.45) is 0 Å². The van der Waals surface area contributed by atoms with Crippen LogP contribution in [0.3, 0.4) is 0 Å². The summed E-state index contributed by atoms with van der Waals surface area (Å²) in [7, 11) is 3.47. The maximum atomic E-state index is 13.5. The van der Waals surface area contributed by atoms with Gasteiger partial charge in [0.25, 0.3) is 0 Å².